The molecule has 0 bridgehead atoms. The Bertz CT molecular complexity index is 1210. The van der Waals surface area contributed by atoms with E-state index in [1.807, 2.05) is 24.0 Å². The van der Waals surface area contributed by atoms with Crippen LogP contribution in [0.5, 0.6) is 0 Å². The Morgan fingerprint density at radius 3 is 2.78 bits per heavy atom. The second kappa shape index (κ2) is 11.0. The first-order valence-corrected chi connectivity index (χ1v) is 12.8. The van der Waals surface area contributed by atoms with E-state index in [-0.39, 0.29) is 24.5 Å². The Morgan fingerprint density at radius 2 is 2.14 bits per heavy atom. The van der Waals surface area contributed by atoms with Gasteiger partial charge in [0.05, 0.1) is 23.0 Å². The summed E-state index contributed by atoms with van der Waals surface area (Å²) in [5, 5.41) is 19.3. The molecule has 7 heteroatoms. The summed E-state index contributed by atoms with van der Waals surface area (Å²) >= 11 is 0. The van der Waals surface area contributed by atoms with Crippen molar-refractivity contribution in [3.63, 3.8) is 0 Å². The predicted octanol–water partition coefficient (Wildman–Crippen LogP) is 4.46. The fraction of sp³-hybridized carbons (Fsp3) is 0.448. The summed E-state index contributed by atoms with van der Waals surface area (Å²) < 4.78 is 0. The van der Waals surface area contributed by atoms with Crippen LogP contribution in [0.2, 0.25) is 0 Å². The molecule has 1 unspecified atom stereocenters. The normalized spacial score (nSPS) is 18.1. The number of rotatable bonds is 8. The van der Waals surface area contributed by atoms with Gasteiger partial charge in [0, 0.05) is 43.9 Å². The molecule has 1 atom stereocenters. The molecule has 4 rings (SSSR count). The zero-order chi connectivity index (χ0) is 25.8. The SMILES string of the molecule is C=Cc1cc(-c2c(C3CC3)nc(N3CCN(C(=O)/C=C/CCO)C(C(C)C)C3)c(C#N)c2C)ccn1. The number of carbonyl (C=O) groups is 1. The van der Waals surface area contributed by atoms with Crippen molar-refractivity contribution < 1.29 is 9.90 Å². The predicted molar refractivity (Wildman–Crippen MR) is 142 cm³/mol. The van der Waals surface area contributed by atoms with Crippen molar-refractivity contribution in [1.82, 2.24) is 14.9 Å². The molecular weight excluding hydrogens is 450 g/mol. The zero-order valence-electron chi connectivity index (χ0n) is 21.4. The number of anilines is 1. The summed E-state index contributed by atoms with van der Waals surface area (Å²) in [6, 6.07) is 6.43. The maximum atomic E-state index is 12.9. The zero-order valence-corrected chi connectivity index (χ0v) is 21.4. The number of hydrogen-bond acceptors (Lipinski definition) is 6. The van der Waals surface area contributed by atoms with E-state index in [0.717, 1.165) is 46.7 Å². The molecule has 7 nitrogen and oxygen atoms in total. The van der Waals surface area contributed by atoms with Crippen molar-refractivity contribution in [3.8, 4) is 17.2 Å². The molecule has 2 aromatic heterocycles. The number of piperazine rings is 1. The lowest BCUT2D eigenvalue weighted by molar-refractivity contribution is -0.129. The van der Waals surface area contributed by atoms with Gasteiger partial charge in [0.25, 0.3) is 0 Å². The van der Waals surface area contributed by atoms with Gasteiger partial charge in [0.2, 0.25) is 5.91 Å². The number of pyridine rings is 2. The summed E-state index contributed by atoms with van der Waals surface area (Å²) in [6.45, 7) is 11.9. The molecule has 1 saturated heterocycles. The first-order valence-electron chi connectivity index (χ1n) is 12.8. The molecule has 1 N–H and O–H groups in total. The van der Waals surface area contributed by atoms with Crippen LogP contribution in [-0.2, 0) is 4.79 Å². The molecule has 2 aromatic rings. The van der Waals surface area contributed by atoms with Gasteiger partial charge >= 0.3 is 0 Å². The van der Waals surface area contributed by atoms with Crippen LogP contribution in [0.4, 0.5) is 5.82 Å². The fourth-order valence-electron chi connectivity index (χ4n) is 5.01. The second-order valence-electron chi connectivity index (χ2n) is 9.96. The van der Waals surface area contributed by atoms with E-state index in [1.54, 1.807) is 24.4 Å². The Morgan fingerprint density at radius 1 is 1.36 bits per heavy atom. The molecule has 1 aliphatic heterocycles. The van der Waals surface area contributed by atoms with Gasteiger partial charge in [-0.3, -0.25) is 9.78 Å². The minimum atomic E-state index is -0.0313. The summed E-state index contributed by atoms with van der Waals surface area (Å²) in [5.74, 6) is 1.33. The monoisotopic (exact) mass is 485 g/mol. The van der Waals surface area contributed by atoms with Crippen LogP contribution in [0.15, 0.2) is 37.1 Å². The summed E-state index contributed by atoms with van der Waals surface area (Å²) in [5.41, 5.74) is 5.43. The lowest BCUT2D eigenvalue weighted by Crippen LogP contribution is -2.57. The minimum absolute atomic E-state index is 0.00178. The van der Waals surface area contributed by atoms with Gasteiger partial charge in [-0.1, -0.05) is 26.5 Å². The maximum absolute atomic E-state index is 12.9. The number of carbonyl (C=O) groups excluding carboxylic acids is 1. The summed E-state index contributed by atoms with van der Waals surface area (Å²) in [6.07, 6.45) is 9.46. The Labute approximate surface area is 213 Å². The molecule has 0 aromatic carbocycles. The van der Waals surface area contributed by atoms with E-state index in [0.29, 0.717) is 37.5 Å². The lowest BCUT2D eigenvalue weighted by Gasteiger charge is -2.44. The summed E-state index contributed by atoms with van der Waals surface area (Å²) in [4.78, 5) is 26.5. The number of aliphatic hydroxyl groups excluding tert-OH is 1. The number of hydrogen-bond donors (Lipinski definition) is 1. The smallest absolute Gasteiger partial charge is 0.246 e. The van der Waals surface area contributed by atoms with Gasteiger partial charge in [-0.15, -0.1) is 0 Å². The van der Waals surface area contributed by atoms with Crippen LogP contribution in [0.3, 0.4) is 0 Å². The Balaban J connectivity index is 1.72. The van der Waals surface area contributed by atoms with Gasteiger partial charge in [0.15, 0.2) is 0 Å². The second-order valence-corrected chi connectivity index (χ2v) is 9.96. The average Bonchev–Trinajstić information content (AvgIpc) is 3.73. The molecule has 188 valence electrons. The van der Waals surface area contributed by atoms with Gasteiger partial charge in [0.1, 0.15) is 11.9 Å². The lowest BCUT2D eigenvalue weighted by atomic mass is 9.93. The highest BCUT2D eigenvalue weighted by atomic mass is 16.2. The minimum Gasteiger partial charge on any atom is -0.396 e. The highest BCUT2D eigenvalue weighted by molar-refractivity contribution is 5.88. The Kier molecular flexibility index (Phi) is 7.85. The van der Waals surface area contributed by atoms with Gasteiger partial charge in [-0.25, -0.2) is 4.98 Å². The molecule has 2 aliphatic rings. The molecule has 2 fully saturated rings. The molecule has 3 heterocycles. The Hall–Kier alpha value is -3.50. The number of aromatic nitrogens is 2. The number of amides is 1. The van der Waals surface area contributed by atoms with E-state index in [9.17, 15) is 10.1 Å². The van der Waals surface area contributed by atoms with Gasteiger partial charge < -0.3 is 14.9 Å². The van der Waals surface area contributed by atoms with E-state index in [1.165, 1.54) is 0 Å². The molecule has 1 amide bonds. The maximum Gasteiger partial charge on any atom is 0.246 e. The summed E-state index contributed by atoms with van der Waals surface area (Å²) in [7, 11) is 0. The number of nitriles is 1. The highest BCUT2D eigenvalue weighted by Crippen LogP contribution is 2.46. The first kappa shape index (κ1) is 25.6. The van der Waals surface area contributed by atoms with Crippen molar-refractivity contribution in [1.29, 1.82) is 5.26 Å². The third-order valence-electron chi connectivity index (χ3n) is 7.14. The fourth-order valence-corrected chi connectivity index (χ4v) is 5.01. The van der Waals surface area contributed by atoms with E-state index in [4.69, 9.17) is 10.1 Å². The van der Waals surface area contributed by atoms with Crippen molar-refractivity contribution >= 4 is 17.8 Å². The quantitative estimate of drug-likeness (QED) is 0.555. The van der Waals surface area contributed by atoms with E-state index >= 15 is 0 Å². The highest BCUT2D eigenvalue weighted by Gasteiger charge is 2.36. The van der Waals surface area contributed by atoms with Crippen LogP contribution in [-0.4, -0.2) is 58.2 Å². The topological polar surface area (TPSA) is 93.4 Å². The molecule has 1 saturated carbocycles. The van der Waals surface area contributed by atoms with Crippen molar-refractivity contribution in [2.24, 2.45) is 5.92 Å². The van der Waals surface area contributed by atoms with Crippen molar-refractivity contribution in [2.45, 2.75) is 52.0 Å². The molecule has 36 heavy (non-hydrogen) atoms. The standard InChI is InChI=1S/C29H35N5O2/c1-5-23-16-22(11-12-31-23)27-20(4)24(17-30)29(32-28(27)21-9-10-21)33-13-14-34(25(18-33)19(2)3)26(36)8-6-7-15-35/h5-6,8,11-12,16,19,21,25,35H,1,7,9-10,13-15,18H2,2-4H3/b8-6+. The molecule has 0 spiro atoms. The van der Waals surface area contributed by atoms with Gasteiger partial charge in [-0.2, -0.15) is 5.26 Å². The van der Waals surface area contributed by atoms with Gasteiger partial charge in [-0.05, 0) is 67.5 Å². The van der Waals surface area contributed by atoms with Crippen LogP contribution in [0.1, 0.15) is 61.5 Å². The third kappa shape index (κ3) is 5.19. The van der Waals surface area contributed by atoms with Crippen LogP contribution in [0.25, 0.3) is 17.2 Å². The van der Waals surface area contributed by atoms with Crippen LogP contribution < -0.4 is 4.90 Å². The number of aliphatic hydroxyl groups is 1. The van der Waals surface area contributed by atoms with E-state index < -0.39 is 0 Å². The first-order chi connectivity index (χ1) is 17.4. The third-order valence-corrected chi connectivity index (χ3v) is 7.14. The molecule has 1 aliphatic carbocycles. The largest absolute Gasteiger partial charge is 0.396 e. The van der Waals surface area contributed by atoms with Crippen LogP contribution in [0, 0.1) is 24.2 Å². The van der Waals surface area contributed by atoms with Crippen LogP contribution >= 0.6 is 0 Å². The van der Waals surface area contributed by atoms with E-state index in [2.05, 4.69) is 36.4 Å². The number of nitrogens with zero attached hydrogens (tertiary/aromatic N) is 5. The molecular formula is C29H35N5O2. The molecule has 0 radical (unpaired) electrons. The van der Waals surface area contributed by atoms with Crippen molar-refractivity contribution in [3.05, 3.63) is 59.6 Å². The average molecular weight is 486 g/mol. The van der Waals surface area contributed by atoms with Crippen molar-refractivity contribution in [2.75, 3.05) is 31.1 Å².